The molecule has 276 valence electrons. The third kappa shape index (κ3) is 9.03. The molecule has 0 bridgehead atoms. The fraction of sp³-hybridized carbons (Fsp3) is 0.250. The number of hydrogen-bond acceptors (Lipinski definition) is 8. The van der Waals surface area contributed by atoms with E-state index in [0.29, 0.717) is 26.2 Å². The van der Waals surface area contributed by atoms with E-state index in [1.807, 2.05) is 72.8 Å². The maximum atomic E-state index is 12.4. The second kappa shape index (κ2) is 17.3. The minimum atomic E-state index is -0.124. The van der Waals surface area contributed by atoms with Gasteiger partial charge in [0.05, 0.1) is 21.6 Å². The fourth-order valence-corrected chi connectivity index (χ4v) is 7.77. The molecule has 2 aliphatic heterocycles. The van der Waals surface area contributed by atoms with Crippen molar-refractivity contribution < 1.29 is 9.59 Å². The van der Waals surface area contributed by atoms with Gasteiger partial charge >= 0.3 is 0 Å². The smallest absolute Gasteiger partial charge is 0.253 e. The van der Waals surface area contributed by atoms with Crippen molar-refractivity contribution in [1.29, 1.82) is 0 Å². The van der Waals surface area contributed by atoms with Gasteiger partial charge in [-0.2, -0.15) is 0 Å². The predicted octanol–water partition coefficient (Wildman–Crippen LogP) is 8.78. The van der Waals surface area contributed by atoms with Gasteiger partial charge in [0.25, 0.3) is 11.8 Å². The van der Waals surface area contributed by atoms with E-state index >= 15 is 0 Å². The Morgan fingerprint density at radius 2 is 1.13 bits per heavy atom. The van der Waals surface area contributed by atoms with Crippen molar-refractivity contribution in [3.8, 4) is 0 Å². The second-order valence-electron chi connectivity index (χ2n) is 13.2. The Kier molecular flexibility index (Phi) is 12.1. The standard InChI is InChI=1S/C20H18BrClN4O.C20H18Cl2N4O/c21-14-3-1-2-13(10-14)20(27)25-16-6-8-26(9-7-16)19-17-5-4-15(22)11-18(17)23-12-24-19;21-13-5-6-16-18(11-13)23-12-24-19(16)26-9-7-14(8-10-26)25-20(27)15-3-1-2-4-17(15)22/h1-5,10-12,16H,6-9H2,(H,25,27);1-6,11-12,14H,7-10H2,(H,25,27). The van der Waals surface area contributed by atoms with Crippen LogP contribution in [0.1, 0.15) is 46.4 Å². The van der Waals surface area contributed by atoms with Crippen molar-refractivity contribution in [1.82, 2.24) is 30.6 Å². The SMILES string of the molecule is O=C(NC1CCN(c2ncnc3cc(Cl)ccc23)CC1)c1cccc(Br)c1.O=C(NC1CCN(c2ncnc3cc(Cl)ccc23)CC1)c1ccccc1Cl. The molecule has 8 rings (SSSR count). The number of carbonyl (C=O) groups is 2. The molecule has 4 heterocycles. The van der Waals surface area contributed by atoms with Crippen LogP contribution in [-0.2, 0) is 0 Å². The largest absolute Gasteiger partial charge is 0.356 e. The number of fused-ring (bicyclic) bond motifs is 2. The van der Waals surface area contributed by atoms with E-state index in [1.165, 1.54) is 0 Å². The fourth-order valence-electron chi connectivity index (χ4n) is 6.81. The molecule has 10 nitrogen and oxygen atoms in total. The first-order valence-electron chi connectivity index (χ1n) is 17.6. The Morgan fingerprint density at radius 3 is 1.65 bits per heavy atom. The Labute approximate surface area is 336 Å². The molecular formula is C40H36BrCl3N8O2. The molecule has 0 unspecified atom stereocenters. The van der Waals surface area contributed by atoms with Crippen LogP contribution in [0.4, 0.5) is 11.6 Å². The average Bonchev–Trinajstić information content (AvgIpc) is 3.18. The van der Waals surface area contributed by atoms with Crippen molar-refractivity contribution in [3.63, 3.8) is 0 Å². The molecule has 14 heteroatoms. The molecule has 0 saturated carbocycles. The van der Waals surface area contributed by atoms with Gasteiger partial charge in [-0.05, 0) is 92.4 Å². The quantitative estimate of drug-likeness (QED) is 0.171. The first-order valence-corrected chi connectivity index (χ1v) is 19.6. The van der Waals surface area contributed by atoms with Crippen LogP contribution in [0.3, 0.4) is 0 Å². The van der Waals surface area contributed by atoms with Gasteiger partial charge in [0.15, 0.2) is 0 Å². The molecular weight excluding hydrogens is 811 g/mol. The molecule has 0 spiro atoms. The van der Waals surface area contributed by atoms with Gasteiger partial charge < -0.3 is 20.4 Å². The molecule has 2 saturated heterocycles. The van der Waals surface area contributed by atoms with E-state index in [0.717, 1.165) is 89.8 Å². The van der Waals surface area contributed by atoms with Gasteiger partial charge in [0.1, 0.15) is 24.3 Å². The number of aromatic nitrogens is 4. The zero-order valence-electron chi connectivity index (χ0n) is 29.1. The Hall–Kier alpha value is -4.55. The molecule has 54 heavy (non-hydrogen) atoms. The highest BCUT2D eigenvalue weighted by Crippen LogP contribution is 2.29. The number of amides is 2. The summed E-state index contributed by atoms with van der Waals surface area (Å²) in [5, 5.41) is 10.0. The van der Waals surface area contributed by atoms with Crippen LogP contribution in [0, 0.1) is 0 Å². The van der Waals surface area contributed by atoms with Gasteiger partial charge in [0, 0.05) is 69.1 Å². The summed E-state index contributed by atoms with van der Waals surface area (Å²) in [4.78, 5) is 46.9. The number of hydrogen-bond donors (Lipinski definition) is 2. The van der Waals surface area contributed by atoms with E-state index in [2.05, 4.69) is 56.3 Å². The van der Waals surface area contributed by atoms with Crippen molar-refractivity contribution in [2.24, 2.45) is 0 Å². The number of benzene rings is 4. The van der Waals surface area contributed by atoms with E-state index in [1.54, 1.807) is 24.8 Å². The van der Waals surface area contributed by atoms with Crippen LogP contribution in [0.5, 0.6) is 0 Å². The normalized spacial score (nSPS) is 15.1. The summed E-state index contributed by atoms with van der Waals surface area (Å²) in [7, 11) is 0. The van der Waals surface area contributed by atoms with Crippen LogP contribution >= 0.6 is 50.7 Å². The molecule has 2 fully saturated rings. The van der Waals surface area contributed by atoms with E-state index in [4.69, 9.17) is 34.8 Å². The highest BCUT2D eigenvalue weighted by atomic mass is 79.9. The Morgan fingerprint density at radius 1 is 0.611 bits per heavy atom. The molecule has 0 atom stereocenters. The third-order valence-electron chi connectivity index (χ3n) is 9.62. The first-order chi connectivity index (χ1) is 26.2. The molecule has 6 aromatic rings. The molecule has 2 aromatic heterocycles. The molecule has 0 aliphatic carbocycles. The minimum Gasteiger partial charge on any atom is -0.356 e. The molecule has 4 aromatic carbocycles. The third-order valence-corrected chi connectivity index (χ3v) is 10.9. The lowest BCUT2D eigenvalue weighted by Gasteiger charge is -2.33. The van der Waals surface area contributed by atoms with E-state index < -0.39 is 0 Å². The molecule has 0 radical (unpaired) electrons. The second-order valence-corrected chi connectivity index (χ2v) is 15.4. The highest BCUT2D eigenvalue weighted by molar-refractivity contribution is 9.10. The lowest BCUT2D eigenvalue weighted by Crippen LogP contribution is -2.45. The number of halogens is 4. The van der Waals surface area contributed by atoms with Gasteiger partial charge in [0.2, 0.25) is 0 Å². The highest BCUT2D eigenvalue weighted by Gasteiger charge is 2.25. The summed E-state index contributed by atoms with van der Waals surface area (Å²) < 4.78 is 0.903. The number of piperidine rings is 2. The van der Waals surface area contributed by atoms with Gasteiger partial charge in [-0.3, -0.25) is 9.59 Å². The number of anilines is 2. The first kappa shape index (κ1) is 37.8. The van der Waals surface area contributed by atoms with Crippen LogP contribution in [0.15, 0.2) is 102 Å². The van der Waals surface area contributed by atoms with Crippen molar-refractivity contribution in [2.45, 2.75) is 37.8 Å². The van der Waals surface area contributed by atoms with Crippen molar-refractivity contribution in [3.05, 3.63) is 128 Å². The summed E-state index contributed by atoms with van der Waals surface area (Å²) >= 11 is 21.7. The lowest BCUT2D eigenvalue weighted by molar-refractivity contribution is 0.0922. The summed E-state index contributed by atoms with van der Waals surface area (Å²) in [6.45, 7) is 3.28. The van der Waals surface area contributed by atoms with Gasteiger partial charge in [-0.15, -0.1) is 0 Å². The summed E-state index contributed by atoms with van der Waals surface area (Å²) in [6.07, 6.45) is 6.58. The maximum absolute atomic E-state index is 12.4. The minimum absolute atomic E-state index is 0.0307. The summed E-state index contributed by atoms with van der Waals surface area (Å²) in [6, 6.07) is 26.2. The number of carbonyl (C=O) groups excluding carboxylic acids is 2. The van der Waals surface area contributed by atoms with Crippen LogP contribution < -0.4 is 20.4 Å². The zero-order chi connectivity index (χ0) is 37.6. The predicted molar refractivity (Wildman–Crippen MR) is 220 cm³/mol. The van der Waals surface area contributed by atoms with Crippen LogP contribution in [-0.4, -0.2) is 70.0 Å². The molecule has 2 N–H and O–H groups in total. The van der Waals surface area contributed by atoms with Gasteiger partial charge in [-0.1, -0.05) is 68.9 Å². The maximum Gasteiger partial charge on any atom is 0.253 e. The topological polar surface area (TPSA) is 116 Å². The average molecular weight is 847 g/mol. The summed E-state index contributed by atoms with van der Waals surface area (Å²) in [5.41, 5.74) is 2.87. The van der Waals surface area contributed by atoms with Crippen molar-refractivity contribution in [2.75, 3.05) is 36.0 Å². The van der Waals surface area contributed by atoms with Crippen molar-refractivity contribution >= 4 is 96.0 Å². The molecule has 2 aliphatic rings. The van der Waals surface area contributed by atoms with Gasteiger partial charge in [-0.25, -0.2) is 19.9 Å². The molecule has 2 amide bonds. The Balaban J connectivity index is 0.000000167. The number of rotatable bonds is 6. The van der Waals surface area contributed by atoms with E-state index in [-0.39, 0.29) is 23.9 Å². The monoisotopic (exact) mass is 844 g/mol. The van der Waals surface area contributed by atoms with E-state index in [9.17, 15) is 9.59 Å². The summed E-state index contributed by atoms with van der Waals surface area (Å²) in [5.74, 6) is 1.68. The zero-order valence-corrected chi connectivity index (χ0v) is 32.9. The number of nitrogens with zero attached hydrogens (tertiary/aromatic N) is 6. The number of nitrogens with one attached hydrogen (secondary N) is 2. The van der Waals surface area contributed by atoms with Crippen LogP contribution in [0.25, 0.3) is 21.8 Å². The lowest BCUT2D eigenvalue weighted by atomic mass is 10.0. The Bertz CT molecular complexity index is 2300. The van der Waals surface area contributed by atoms with Crippen LogP contribution in [0.2, 0.25) is 15.1 Å².